The molecule has 5 aromatic carbocycles. The number of hydrogen-bond acceptors (Lipinski definition) is 2. The fraction of sp³-hybridized carbons (Fsp3) is 0.120. The summed E-state index contributed by atoms with van der Waals surface area (Å²) in [6.45, 7) is 16.4. The van der Waals surface area contributed by atoms with Crippen molar-refractivity contribution < 1.29 is 0 Å². The summed E-state index contributed by atoms with van der Waals surface area (Å²) in [7, 11) is 0. The summed E-state index contributed by atoms with van der Waals surface area (Å²) in [5, 5.41) is 4.52. The molecule has 3 aromatic heterocycles. The number of benzene rings is 5. The minimum absolute atomic E-state index is 0.614. The Hall–Kier alpha value is -6.52. The molecule has 0 spiro atoms. The zero-order chi connectivity index (χ0) is 37.3. The van der Waals surface area contributed by atoms with Crippen LogP contribution in [0.1, 0.15) is 67.6 Å². The van der Waals surface area contributed by atoms with Crippen LogP contribution in [0, 0.1) is 0 Å². The monoisotopic (exact) mass is 700 g/mol. The molecule has 1 aliphatic carbocycles. The van der Waals surface area contributed by atoms with Crippen LogP contribution in [0.4, 0.5) is 0 Å². The summed E-state index contributed by atoms with van der Waals surface area (Å²) in [5.41, 5.74) is 14.3. The van der Waals surface area contributed by atoms with Gasteiger partial charge in [0.05, 0.1) is 33.5 Å². The van der Waals surface area contributed by atoms with Crippen LogP contribution < -0.4 is 0 Å². The van der Waals surface area contributed by atoms with Gasteiger partial charge in [-0.2, -0.15) is 0 Å². The van der Waals surface area contributed by atoms with E-state index < -0.39 is 0 Å². The lowest BCUT2D eigenvalue weighted by Crippen LogP contribution is -2.05. The van der Waals surface area contributed by atoms with Gasteiger partial charge in [-0.25, -0.2) is 9.97 Å². The number of aromatic nitrogens is 4. The maximum absolute atomic E-state index is 5.43. The summed E-state index contributed by atoms with van der Waals surface area (Å²) < 4.78 is 4.58. The van der Waals surface area contributed by atoms with Crippen LogP contribution in [0.15, 0.2) is 128 Å². The van der Waals surface area contributed by atoms with Crippen LogP contribution in [0.5, 0.6) is 0 Å². The minimum Gasteiger partial charge on any atom is -0.309 e. The average Bonchev–Trinajstić information content (AvgIpc) is 3.73. The third kappa shape index (κ3) is 5.54. The molecular weight excluding hydrogens is 657 g/mol. The van der Waals surface area contributed by atoms with Crippen molar-refractivity contribution >= 4 is 74.0 Å². The van der Waals surface area contributed by atoms with Gasteiger partial charge < -0.3 is 4.57 Å². The second-order valence-electron chi connectivity index (χ2n) is 13.3. The number of fused-ring (bicyclic) bond motifs is 6. The molecule has 3 heterocycles. The van der Waals surface area contributed by atoms with Crippen LogP contribution in [0.3, 0.4) is 0 Å². The SMILES string of the molecule is C=Cc1ccc2c(c(C=C)c(/C=C\C)n2-c2nc(-c3ccc4c(c3)c3ccccc3n4-c3ccc4c(c3)CCC=C4)c3ccccc3n2)c1/C=C\C.CC. The smallest absolute Gasteiger partial charge is 0.235 e. The quantitative estimate of drug-likeness (QED) is 0.166. The first-order valence-corrected chi connectivity index (χ1v) is 19.0. The summed E-state index contributed by atoms with van der Waals surface area (Å²) >= 11 is 0. The lowest BCUT2D eigenvalue weighted by atomic mass is 9.97. The highest BCUT2D eigenvalue weighted by atomic mass is 15.2. The van der Waals surface area contributed by atoms with Crippen molar-refractivity contribution in [1.82, 2.24) is 19.1 Å². The molecule has 0 atom stereocenters. The molecule has 8 aromatic rings. The van der Waals surface area contributed by atoms with E-state index in [1.807, 2.05) is 45.9 Å². The number of rotatable bonds is 7. The maximum Gasteiger partial charge on any atom is 0.235 e. The van der Waals surface area contributed by atoms with Gasteiger partial charge in [0.2, 0.25) is 5.95 Å². The first-order chi connectivity index (χ1) is 26.6. The van der Waals surface area contributed by atoms with Crippen molar-refractivity contribution in [1.29, 1.82) is 0 Å². The third-order valence-electron chi connectivity index (χ3n) is 10.4. The van der Waals surface area contributed by atoms with Gasteiger partial charge in [-0.1, -0.05) is 124 Å². The molecule has 0 unspecified atom stereocenters. The van der Waals surface area contributed by atoms with Crippen LogP contribution in [-0.4, -0.2) is 19.1 Å². The van der Waals surface area contributed by atoms with E-state index in [-0.39, 0.29) is 0 Å². The van der Waals surface area contributed by atoms with E-state index in [4.69, 9.17) is 9.97 Å². The number of allylic oxidation sites excluding steroid dienone is 3. The zero-order valence-electron chi connectivity index (χ0n) is 31.5. The summed E-state index contributed by atoms with van der Waals surface area (Å²) in [4.78, 5) is 10.7. The van der Waals surface area contributed by atoms with E-state index >= 15 is 0 Å². The zero-order valence-corrected chi connectivity index (χ0v) is 31.5. The van der Waals surface area contributed by atoms with Crippen molar-refractivity contribution in [2.24, 2.45) is 0 Å². The molecule has 0 bridgehead atoms. The maximum atomic E-state index is 5.43. The van der Waals surface area contributed by atoms with E-state index in [0.717, 1.165) is 68.3 Å². The van der Waals surface area contributed by atoms with Gasteiger partial charge in [0.15, 0.2) is 0 Å². The first-order valence-electron chi connectivity index (χ1n) is 19.0. The van der Waals surface area contributed by atoms with Gasteiger partial charge >= 0.3 is 0 Å². The van der Waals surface area contributed by atoms with Crippen LogP contribution in [0.2, 0.25) is 0 Å². The van der Waals surface area contributed by atoms with Gasteiger partial charge in [0.25, 0.3) is 0 Å². The predicted octanol–water partition coefficient (Wildman–Crippen LogP) is 13.7. The number of aryl methyl sites for hydroxylation is 1. The Morgan fingerprint density at radius 1 is 0.667 bits per heavy atom. The van der Waals surface area contributed by atoms with Gasteiger partial charge in [-0.15, -0.1) is 0 Å². The highest BCUT2D eigenvalue weighted by molar-refractivity contribution is 6.11. The van der Waals surface area contributed by atoms with E-state index in [9.17, 15) is 0 Å². The number of nitrogens with zero attached hydrogens (tertiary/aromatic N) is 4. The largest absolute Gasteiger partial charge is 0.309 e. The Bertz CT molecular complexity index is 2850. The van der Waals surface area contributed by atoms with Gasteiger partial charge in [0.1, 0.15) is 0 Å². The summed E-state index contributed by atoms with van der Waals surface area (Å²) in [6, 6.07) is 35.0. The fourth-order valence-corrected chi connectivity index (χ4v) is 8.08. The molecule has 0 amide bonds. The Balaban J connectivity index is 0.00000203. The lowest BCUT2D eigenvalue weighted by Gasteiger charge is -2.15. The van der Waals surface area contributed by atoms with Crippen molar-refractivity contribution in [3.63, 3.8) is 0 Å². The van der Waals surface area contributed by atoms with Gasteiger partial charge in [-0.05, 0) is 97.5 Å². The molecule has 54 heavy (non-hydrogen) atoms. The molecular formula is C50H44N4. The summed E-state index contributed by atoms with van der Waals surface area (Å²) in [6.07, 6.45) is 18.9. The Labute approximate surface area is 317 Å². The van der Waals surface area contributed by atoms with E-state index in [1.54, 1.807) is 0 Å². The number of para-hydroxylation sites is 2. The second kappa shape index (κ2) is 14.5. The molecule has 0 aliphatic heterocycles. The Morgan fingerprint density at radius 3 is 2.22 bits per heavy atom. The molecule has 0 fully saturated rings. The standard InChI is InChI=1S/C48H38N4.C2H6/c1-5-15-37-31(7-3)24-28-45-46(37)36(8-4)42(16-6-2)52(45)48-49-41-21-13-11-20-39(41)47(50-48)34-25-27-44-40(30-34)38-19-12-14-22-43(38)51(44)35-26-23-32-17-9-10-18-33(32)29-35;1-2/h5-9,11-17,19-30H,3-4,10,18H2,1-2H3;1-2H3/b15-5-,16-6-;. The Kier molecular flexibility index (Phi) is 9.27. The topological polar surface area (TPSA) is 35.6 Å². The van der Waals surface area contributed by atoms with Crippen molar-refractivity contribution in [2.75, 3.05) is 0 Å². The predicted molar refractivity (Wildman–Crippen MR) is 234 cm³/mol. The molecule has 1 aliphatic rings. The van der Waals surface area contributed by atoms with Gasteiger partial charge in [0, 0.05) is 38.4 Å². The van der Waals surface area contributed by atoms with E-state index in [0.29, 0.717) is 5.95 Å². The minimum atomic E-state index is 0.614. The van der Waals surface area contributed by atoms with Crippen LogP contribution in [-0.2, 0) is 6.42 Å². The second-order valence-corrected chi connectivity index (χ2v) is 13.3. The van der Waals surface area contributed by atoms with E-state index in [1.165, 1.54) is 38.6 Å². The molecule has 9 rings (SSSR count). The molecule has 264 valence electrons. The molecule has 0 saturated carbocycles. The molecule has 0 N–H and O–H groups in total. The average molecular weight is 701 g/mol. The van der Waals surface area contributed by atoms with Gasteiger partial charge in [-0.3, -0.25) is 4.57 Å². The van der Waals surface area contributed by atoms with Crippen molar-refractivity contribution in [2.45, 2.75) is 40.5 Å². The summed E-state index contributed by atoms with van der Waals surface area (Å²) in [5.74, 6) is 0.614. The highest BCUT2D eigenvalue weighted by Gasteiger charge is 2.22. The number of hydrogen-bond donors (Lipinski definition) is 0. The Morgan fingerprint density at radius 2 is 1.43 bits per heavy atom. The first kappa shape index (κ1) is 34.6. The van der Waals surface area contributed by atoms with Crippen molar-refractivity contribution in [3.05, 3.63) is 162 Å². The van der Waals surface area contributed by atoms with Crippen molar-refractivity contribution in [3.8, 4) is 22.9 Å². The molecule has 4 heteroatoms. The third-order valence-corrected chi connectivity index (χ3v) is 10.4. The van der Waals surface area contributed by atoms with Crippen LogP contribution in [0.25, 0.3) is 96.9 Å². The van der Waals surface area contributed by atoms with E-state index in [2.05, 4.69) is 150 Å². The molecule has 4 nitrogen and oxygen atoms in total. The molecule has 0 saturated heterocycles. The fourth-order valence-electron chi connectivity index (χ4n) is 8.08. The molecule has 0 radical (unpaired) electrons. The lowest BCUT2D eigenvalue weighted by molar-refractivity contribution is 0.972. The van der Waals surface area contributed by atoms with Crippen LogP contribution >= 0.6 is 0 Å². The normalized spacial score (nSPS) is 12.6. The highest BCUT2D eigenvalue weighted by Crippen LogP contribution is 2.39.